The van der Waals surface area contributed by atoms with Gasteiger partial charge < -0.3 is 4.90 Å². The van der Waals surface area contributed by atoms with Crippen molar-refractivity contribution in [1.82, 2.24) is 4.90 Å². The first-order valence-electron chi connectivity index (χ1n) is 5.07. The van der Waals surface area contributed by atoms with Gasteiger partial charge in [0.25, 0.3) is 0 Å². The van der Waals surface area contributed by atoms with Gasteiger partial charge in [0.15, 0.2) is 0 Å². The summed E-state index contributed by atoms with van der Waals surface area (Å²) >= 11 is 5.40. The van der Waals surface area contributed by atoms with E-state index in [1.165, 1.54) is 25.7 Å². The van der Waals surface area contributed by atoms with E-state index in [1.54, 1.807) is 11.9 Å². The Hall–Kier alpha value is -0.240. The molecule has 2 bridgehead atoms. The number of hydrogen-bond acceptors (Lipinski definition) is 1. The van der Waals surface area contributed by atoms with Crippen LogP contribution in [0.25, 0.3) is 0 Å². The molecule has 2 rings (SSSR count). The molecule has 2 aliphatic carbocycles. The van der Waals surface area contributed by atoms with Crippen molar-refractivity contribution in [1.29, 1.82) is 0 Å². The number of carbonyl (C=O) groups excluding carboxylic acids is 1. The van der Waals surface area contributed by atoms with Crippen LogP contribution >= 0.6 is 11.6 Å². The number of rotatable bonds is 2. The molecular weight excluding hydrogens is 186 g/mol. The molecule has 3 heteroatoms. The van der Waals surface area contributed by atoms with E-state index in [4.69, 9.17) is 11.6 Å². The standard InChI is InChI=1S/C10H16ClNO/c1-12(10(11)13)6-9-5-7-2-3-8(9)4-7/h7-9H,2-6H2,1H3. The highest BCUT2D eigenvalue weighted by Crippen LogP contribution is 2.48. The van der Waals surface area contributed by atoms with Gasteiger partial charge in [0.1, 0.15) is 0 Å². The Morgan fingerprint density at radius 2 is 2.23 bits per heavy atom. The largest absolute Gasteiger partial charge is 0.332 e. The van der Waals surface area contributed by atoms with Crippen molar-refractivity contribution in [3.8, 4) is 0 Å². The monoisotopic (exact) mass is 201 g/mol. The third kappa shape index (κ3) is 1.83. The summed E-state index contributed by atoms with van der Waals surface area (Å²) in [5.41, 5.74) is 0. The summed E-state index contributed by atoms with van der Waals surface area (Å²) in [5.74, 6) is 2.56. The Bertz CT molecular complexity index is 219. The number of carbonyl (C=O) groups is 1. The molecular formula is C10H16ClNO. The average Bonchev–Trinajstić information content (AvgIpc) is 2.64. The molecule has 0 heterocycles. The van der Waals surface area contributed by atoms with Gasteiger partial charge in [-0.15, -0.1) is 0 Å². The Labute approximate surface area is 84.2 Å². The van der Waals surface area contributed by atoms with Crippen molar-refractivity contribution in [3.05, 3.63) is 0 Å². The van der Waals surface area contributed by atoms with E-state index >= 15 is 0 Å². The lowest BCUT2D eigenvalue weighted by Gasteiger charge is -2.25. The summed E-state index contributed by atoms with van der Waals surface area (Å²) < 4.78 is 0. The summed E-state index contributed by atoms with van der Waals surface area (Å²) in [4.78, 5) is 12.5. The molecule has 0 N–H and O–H groups in total. The fraction of sp³-hybridized carbons (Fsp3) is 0.900. The van der Waals surface area contributed by atoms with Crippen LogP contribution in [0.1, 0.15) is 25.7 Å². The minimum atomic E-state index is -0.317. The predicted octanol–water partition coefficient (Wildman–Crippen LogP) is 2.71. The fourth-order valence-corrected chi connectivity index (χ4v) is 3.09. The summed E-state index contributed by atoms with van der Waals surface area (Å²) in [6, 6.07) is 0. The third-order valence-corrected chi connectivity index (χ3v) is 3.98. The van der Waals surface area contributed by atoms with Crippen LogP contribution in [0.15, 0.2) is 0 Å². The molecule has 13 heavy (non-hydrogen) atoms. The van der Waals surface area contributed by atoms with Gasteiger partial charge in [0.2, 0.25) is 0 Å². The number of hydrogen-bond donors (Lipinski definition) is 0. The number of nitrogens with zero attached hydrogens (tertiary/aromatic N) is 1. The molecule has 0 radical (unpaired) electrons. The van der Waals surface area contributed by atoms with Gasteiger partial charge in [-0.3, -0.25) is 4.79 Å². The van der Waals surface area contributed by atoms with E-state index in [1.807, 2.05) is 0 Å². The van der Waals surface area contributed by atoms with E-state index in [0.29, 0.717) is 0 Å². The molecule has 0 aromatic rings. The first-order chi connectivity index (χ1) is 6.16. The molecule has 2 fully saturated rings. The second-order valence-electron chi connectivity index (χ2n) is 4.57. The van der Waals surface area contributed by atoms with Gasteiger partial charge in [0.05, 0.1) is 0 Å². The summed E-state index contributed by atoms with van der Waals surface area (Å²) in [6.07, 6.45) is 5.51. The zero-order chi connectivity index (χ0) is 9.42. The molecule has 0 spiro atoms. The Morgan fingerprint density at radius 1 is 1.46 bits per heavy atom. The predicted molar refractivity (Wildman–Crippen MR) is 52.8 cm³/mol. The smallest absolute Gasteiger partial charge is 0.316 e. The van der Waals surface area contributed by atoms with Crippen LogP contribution in [0.4, 0.5) is 4.79 Å². The van der Waals surface area contributed by atoms with Crippen LogP contribution in [0.2, 0.25) is 0 Å². The van der Waals surface area contributed by atoms with E-state index in [9.17, 15) is 4.79 Å². The summed E-state index contributed by atoms with van der Waals surface area (Å²) in [5, 5.41) is -0.317. The molecule has 0 aromatic heterocycles. The maximum atomic E-state index is 10.8. The maximum absolute atomic E-state index is 10.8. The summed E-state index contributed by atoms with van der Waals surface area (Å²) in [6.45, 7) is 0.865. The highest BCUT2D eigenvalue weighted by molar-refractivity contribution is 6.62. The van der Waals surface area contributed by atoms with E-state index < -0.39 is 0 Å². The minimum Gasteiger partial charge on any atom is -0.332 e. The number of fused-ring (bicyclic) bond motifs is 2. The van der Waals surface area contributed by atoms with Gasteiger partial charge in [-0.1, -0.05) is 6.42 Å². The Morgan fingerprint density at radius 3 is 2.69 bits per heavy atom. The average molecular weight is 202 g/mol. The molecule has 3 atom stereocenters. The third-order valence-electron chi connectivity index (χ3n) is 3.69. The lowest BCUT2D eigenvalue weighted by Crippen LogP contribution is -2.30. The van der Waals surface area contributed by atoms with E-state index in [0.717, 1.165) is 24.3 Å². The summed E-state index contributed by atoms with van der Waals surface area (Å²) in [7, 11) is 1.79. The van der Waals surface area contributed by atoms with E-state index in [2.05, 4.69) is 0 Å². The van der Waals surface area contributed by atoms with Crippen LogP contribution in [0.5, 0.6) is 0 Å². The zero-order valence-electron chi connectivity index (χ0n) is 8.00. The van der Waals surface area contributed by atoms with Gasteiger partial charge in [0, 0.05) is 13.6 Å². The first-order valence-corrected chi connectivity index (χ1v) is 5.45. The molecule has 0 aliphatic heterocycles. The van der Waals surface area contributed by atoms with Crippen molar-refractivity contribution >= 4 is 17.0 Å². The van der Waals surface area contributed by atoms with Gasteiger partial charge in [-0.25, -0.2) is 0 Å². The first kappa shape index (κ1) is 9.32. The van der Waals surface area contributed by atoms with Gasteiger partial charge in [-0.05, 0) is 48.6 Å². The second kappa shape index (κ2) is 3.49. The van der Waals surface area contributed by atoms with Crippen molar-refractivity contribution in [2.75, 3.05) is 13.6 Å². The molecule has 74 valence electrons. The molecule has 2 nitrogen and oxygen atoms in total. The van der Waals surface area contributed by atoms with Crippen molar-refractivity contribution in [3.63, 3.8) is 0 Å². The number of amides is 1. The normalized spacial score (nSPS) is 36.6. The molecule has 0 saturated heterocycles. The molecule has 0 aromatic carbocycles. The lowest BCUT2D eigenvalue weighted by molar-refractivity contribution is 0.209. The van der Waals surface area contributed by atoms with Crippen LogP contribution < -0.4 is 0 Å². The maximum Gasteiger partial charge on any atom is 0.316 e. The zero-order valence-corrected chi connectivity index (χ0v) is 8.76. The Balaban J connectivity index is 1.86. The van der Waals surface area contributed by atoms with Crippen molar-refractivity contribution in [2.45, 2.75) is 25.7 Å². The number of halogens is 1. The SMILES string of the molecule is CN(CC1CC2CCC1C2)C(=O)Cl. The van der Waals surface area contributed by atoms with E-state index in [-0.39, 0.29) is 5.37 Å². The van der Waals surface area contributed by atoms with Crippen molar-refractivity contribution in [2.24, 2.45) is 17.8 Å². The van der Waals surface area contributed by atoms with Crippen LogP contribution in [-0.4, -0.2) is 23.9 Å². The van der Waals surface area contributed by atoms with Gasteiger partial charge in [-0.2, -0.15) is 0 Å². The molecule has 3 unspecified atom stereocenters. The topological polar surface area (TPSA) is 20.3 Å². The highest BCUT2D eigenvalue weighted by atomic mass is 35.5. The Kier molecular flexibility index (Phi) is 2.50. The van der Waals surface area contributed by atoms with Crippen LogP contribution in [0.3, 0.4) is 0 Å². The molecule has 2 saturated carbocycles. The minimum absolute atomic E-state index is 0.317. The van der Waals surface area contributed by atoms with Gasteiger partial charge >= 0.3 is 5.37 Å². The quantitative estimate of drug-likeness (QED) is 0.497. The van der Waals surface area contributed by atoms with Crippen molar-refractivity contribution < 1.29 is 4.79 Å². The second-order valence-corrected chi connectivity index (χ2v) is 4.89. The fourth-order valence-electron chi connectivity index (χ4n) is 3.02. The molecule has 2 aliphatic rings. The highest BCUT2D eigenvalue weighted by Gasteiger charge is 2.39. The molecule has 1 amide bonds. The lowest BCUT2D eigenvalue weighted by atomic mass is 9.88. The van der Waals surface area contributed by atoms with Crippen LogP contribution in [-0.2, 0) is 0 Å². The van der Waals surface area contributed by atoms with Crippen LogP contribution in [0, 0.1) is 17.8 Å².